The summed E-state index contributed by atoms with van der Waals surface area (Å²) in [5.41, 5.74) is 0.567. The average molecular weight is 362 g/mol. The number of morpholine rings is 1. The van der Waals surface area contributed by atoms with Crippen LogP contribution in [0, 0.1) is 0 Å². The van der Waals surface area contributed by atoms with Crippen LogP contribution in [0.2, 0.25) is 0 Å². The summed E-state index contributed by atoms with van der Waals surface area (Å²) in [6, 6.07) is 5.96. The summed E-state index contributed by atoms with van der Waals surface area (Å²) in [5, 5.41) is 3.09. The Morgan fingerprint density at radius 2 is 1.96 bits per heavy atom. The maximum atomic E-state index is 12.7. The van der Waals surface area contributed by atoms with Crippen molar-refractivity contribution in [1.29, 1.82) is 0 Å². The Hall–Kier alpha value is -1.95. The molecule has 2 amide bonds. The van der Waals surface area contributed by atoms with Crippen molar-refractivity contribution in [3.63, 3.8) is 0 Å². The van der Waals surface area contributed by atoms with Crippen molar-refractivity contribution < 1.29 is 19.0 Å². The second-order valence-electron chi connectivity index (χ2n) is 8.47. The number of nitrogens with one attached hydrogen (secondary N) is 1. The highest BCUT2D eigenvalue weighted by molar-refractivity contribution is 5.74. The molecule has 26 heavy (non-hydrogen) atoms. The number of urea groups is 1. The minimum Gasteiger partial charge on any atom is -0.486 e. The van der Waals surface area contributed by atoms with E-state index in [2.05, 4.69) is 19.2 Å². The molecule has 0 aromatic heterocycles. The molecule has 0 spiro atoms. The van der Waals surface area contributed by atoms with Crippen LogP contribution in [0.1, 0.15) is 40.2 Å². The fourth-order valence-corrected chi connectivity index (χ4v) is 3.58. The van der Waals surface area contributed by atoms with Gasteiger partial charge >= 0.3 is 6.03 Å². The number of benzene rings is 1. The fourth-order valence-electron chi connectivity index (χ4n) is 3.58. The number of carbonyl (C=O) groups is 1. The van der Waals surface area contributed by atoms with Gasteiger partial charge in [0.25, 0.3) is 0 Å². The van der Waals surface area contributed by atoms with Crippen LogP contribution in [-0.2, 0) is 10.2 Å². The van der Waals surface area contributed by atoms with Gasteiger partial charge in [0, 0.05) is 18.5 Å². The summed E-state index contributed by atoms with van der Waals surface area (Å²) in [7, 11) is 0. The third-order valence-electron chi connectivity index (χ3n) is 4.86. The van der Waals surface area contributed by atoms with Crippen molar-refractivity contribution in [3.05, 3.63) is 23.8 Å². The zero-order valence-corrected chi connectivity index (χ0v) is 16.4. The lowest BCUT2D eigenvalue weighted by atomic mass is 9.84. The van der Waals surface area contributed by atoms with Crippen molar-refractivity contribution in [2.45, 2.75) is 51.7 Å². The lowest BCUT2D eigenvalue weighted by molar-refractivity contribution is -0.117. The first-order chi connectivity index (χ1) is 12.2. The van der Waals surface area contributed by atoms with Crippen LogP contribution >= 0.6 is 0 Å². The van der Waals surface area contributed by atoms with E-state index >= 15 is 0 Å². The smallest absolute Gasteiger partial charge is 0.317 e. The van der Waals surface area contributed by atoms with Crippen molar-refractivity contribution in [2.75, 3.05) is 32.8 Å². The molecule has 0 radical (unpaired) electrons. The molecule has 6 nitrogen and oxygen atoms in total. The third-order valence-corrected chi connectivity index (χ3v) is 4.86. The lowest BCUT2D eigenvalue weighted by Crippen LogP contribution is -2.57. The number of fused-ring (bicyclic) bond motifs is 1. The quantitative estimate of drug-likeness (QED) is 0.898. The van der Waals surface area contributed by atoms with Crippen molar-refractivity contribution >= 4 is 6.03 Å². The first-order valence-corrected chi connectivity index (χ1v) is 9.27. The van der Waals surface area contributed by atoms with Crippen LogP contribution in [0.5, 0.6) is 11.5 Å². The predicted molar refractivity (Wildman–Crippen MR) is 100 cm³/mol. The second kappa shape index (κ2) is 6.99. The van der Waals surface area contributed by atoms with Crippen LogP contribution in [-0.4, -0.2) is 55.5 Å². The van der Waals surface area contributed by atoms with E-state index in [0.29, 0.717) is 32.8 Å². The van der Waals surface area contributed by atoms with Gasteiger partial charge in [-0.15, -0.1) is 0 Å². The van der Waals surface area contributed by atoms with Crippen LogP contribution in [0.3, 0.4) is 0 Å². The number of rotatable bonds is 3. The van der Waals surface area contributed by atoms with Crippen molar-refractivity contribution in [3.8, 4) is 11.5 Å². The summed E-state index contributed by atoms with van der Waals surface area (Å²) >= 11 is 0. The molecule has 0 bridgehead atoms. The topological polar surface area (TPSA) is 60.0 Å². The molecule has 2 heterocycles. The number of carbonyl (C=O) groups excluding carboxylic acids is 1. The molecule has 0 saturated carbocycles. The monoisotopic (exact) mass is 362 g/mol. The molecule has 1 aromatic carbocycles. The minimum absolute atomic E-state index is 0.0373. The summed E-state index contributed by atoms with van der Waals surface area (Å²) in [6.07, 6.45) is 0.0373. The van der Waals surface area contributed by atoms with E-state index in [0.717, 1.165) is 17.1 Å². The highest BCUT2D eigenvalue weighted by Gasteiger charge is 2.34. The zero-order valence-electron chi connectivity index (χ0n) is 16.4. The average Bonchev–Trinajstić information content (AvgIpc) is 2.57. The Morgan fingerprint density at radius 3 is 2.65 bits per heavy atom. The van der Waals surface area contributed by atoms with E-state index < -0.39 is 0 Å². The Morgan fingerprint density at radius 1 is 1.27 bits per heavy atom. The van der Waals surface area contributed by atoms with Gasteiger partial charge < -0.3 is 24.4 Å². The SMILES string of the molecule is CC1CN(C(=O)NCC(C)(C)c2ccc3c(c2)OCCO3)CC(C)(C)O1. The fraction of sp³-hybridized carbons (Fsp3) is 0.650. The second-order valence-corrected chi connectivity index (χ2v) is 8.47. The van der Waals surface area contributed by atoms with E-state index in [1.54, 1.807) is 0 Å². The number of hydrogen-bond acceptors (Lipinski definition) is 4. The molecule has 1 N–H and O–H groups in total. The van der Waals surface area contributed by atoms with Gasteiger partial charge in [-0.3, -0.25) is 0 Å². The summed E-state index contributed by atoms with van der Waals surface area (Å²) in [4.78, 5) is 14.5. The molecule has 1 saturated heterocycles. The Kier molecular flexibility index (Phi) is 5.06. The molecule has 2 aliphatic heterocycles. The van der Waals surface area contributed by atoms with Crippen molar-refractivity contribution in [2.24, 2.45) is 0 Å². The molecule has 144 valence electrons. The maximum Gasteiger partial charge on any atom is 0.317 e. The Labute approximate surface area is 155 Å². The van der Waals surface area contributed by atoms with Crippen LogP contribution in [0.4, 0.5) is 4.79 Å². The van der Waals surface area contributed by atoms with E-state index in [-0.39, 0.29) is 23.2 Å². The van der Waals surface area contributed by atoms with Gasteiger partial charge in [0.2, 0.25) is 0 Å². The Bertz CT molecular complexity index is 672. The van der Waals surface area contributed by atoms with Crippen LogP contribution in [0.25, 0.3) is 0 Å². The first kappa shape index (κ1) is 18.8. The largest absolute Gasteiger partial charge is 0.486 e. The van der Waals surface area contributed by atoms with Gasteiger partial charge in [0.15, 0.2) is 11.5 Å². The molecule has 1 fully saturated rings. The molecule has 1 atom stereocenters. The molecule has 1 aromatic rings. The number of hydrogen-bond donors (Lipinski definition) is 1. The van der Waals surface area contributed by atoms with Gasteiger partial charge in [0.1, 0.15) is 13.2 Å². The molecule has 6 heteroatoms. The van der Waals surface area contributed by atoms with E-state index in [1.807, 2.05) is 43.9 Å². The molecule has 0 aliphatic carbocycles. The van der Waals surface area contributed by atoms with Crippen LogP contribution in [0.15, 0.2) is 18.2 Å². The summed E-state index contributed by atoms with van der Waals surface area (Å²) < 4.78 is 17.1. The van der Waals surface area contributed by atoms with Gasteiger partial charge in [-0.2, -0.15) is 0 Å². The number of ether oxygens (including phenoxy) is 3. The Balaban J connectivity index is 1.63. The van der Waals surface area contributed by atoms with Gasteiger partial charge in [-0.05, 0) is 38.5 Å². The third kappa shape index (κ3) is 4.23. The summed E-state index contributed by atoms with van der Waals surface area (Å²) in [6.45, 7) is 13.2. The van der Waals surface area contributed by atoms with Crippen LogP contribution < -0.4 is 14.8 Å². The van der Waals surface area contributed by atoms with E-state index in [4.69, 9.17) is 14.2 Å². The number of amides is 2. The number of nitrogens with zero attached hydrogens (tertiary/aromatic N) is 1. The van der Waals surface area contributed by atoms with Crippen molar-refractivity contribution in [1.82, 2.24) is 10.2 Å². The minimum atomic E-state index is -0.319. The van der Waals surface area contributed by atoms with E-state index in [9.17, 15) is 4.79 Å². The predicted octanol–water partition coefficient (Wildman–Crippen LogP) is 2.94. The van der Waals surface area contributed by atoms with Gasteiger partial charge in [0.05, 0.1) is 18.2 Å². The van der Waals surface area contributed by atoms with Gasteiger partial charge in [-0.1, -0.05) is 19.9 Å². The zero-order chi connectivity index (χ0) is 18.9. The first-order valence-electron chi connectivity index (χ1n) is 9.27. The molecule has 1 unspecified atom stereocenters. The molecule has 3 rings (SSSR count). The standard InChI is InChI=1S/C20H30N2O4/c1-14-11-22(13-20(4,5)26-14)18(23)21-12-19(2,3)15-6-7-16-17(10-15)25-9-8-24-16/h6-7,10,14H,8-9,11-13H2,1-5H3,(H,21,23). The normalized spacial score (nSPS) is 22.0. The van der Waals surface area contributed by atoms with E-state index in [1.165, 1.54) is 0 Å². The molecule has 2 aliphatic rings. The molecular formula is C20H30N2O4. The highest BCUT2D eigenvalue weighted by Crippen LogP contribution is 2.35. The molecular weight excluding hydrogens is 332 g/mol. The highest BCUT2D eigenvalue weighted by atomic mass is 16.6. The maximum absolute atomic E-state index is 12.7. The summed E-state index contributed by atoms with van der Waals surface area (Å²) in [5.74, 6) is 1.56. The lowest BCUT2D eigenvalue weighted by Gasteiger charge is -2.42. The van der Waals surface area contributed by atoms with Gasteiger partial charge in [-0.25, -0.2) is 4.79 Å².